The van der Waals surface area contributed by atoms with Crippen molar-refractivity contribution >= 4 is 22.8 Å². The second kappa shape index (κ2) is 6.16. The van der Waals surface area contributed by atoms with Crippen molar-refractivity contribution in [3.63, 3.8) is 0 Å². The predicted molar refractivity (Wildman–Crippen MR) is 89.2 cm³/mol. The maximum Gasteiger partial charge on any atom is 0.296 e. The molecule has 4 nitrogen and oxygen atoms in total. The fourth-order valence-corrected chi connectivity index (χ4v) is 3.17. The molecule has 0 unspecified atom stereocenters. The van der Waals surface area contributed by atoms with Gasteiger partial charge in [-0.1, -0.05) is 37.6 Å². The first-order valence-corrected chi connectivity index (χ1v) is 7.95. The van der Waals surface area contributed by atoms with Gasteiger partial charge in [-0.2, -0.15) is 4.98 Å². The Bertz CT molecular complexity index is 841. The van der Waals surface area contributed by atoms with Gasteiger partial charge in [-0.05, 0) is 30.5 Å². The van der Waals surface area contributed by atoms with Crippen LogP contribution >= 0.6 is 11.6 Å². The van der Waals surface area contributed by atoms with Gasteiger partial charge in [0.05, 0.1) is 5.02 Å². The second-order valence-corrected chi connectivity index (χ2v) is 5.82. The lowest BCUT2D eigenvalue weighted by Crippen LogP contribution is -2.07. The predicted octanol–water partition coefficient (Wildman–Crippen LogP) is 4.96. The topological polar surface area (TPSA) is 50.9 Å². The first kappa shape index (κ1) is 15.7. The number of pyridine rings is 1. The zero-order chi connectivity index (χ0) is 16.6. The lowest BCUT2D eigenvalue weighted by atomic mass is 10.0. The van der Waals surface area contributed by atoms with Crippen LogP contribution in [-0.4, -0.2) is 19.6 Å². The van der Waals surface area contributed by atoms with E-state index in [4.69, 9.17) is 11.6 Å². The number of halogens is 2. The van der Waals surface area contributed by atoms with Crippen molar-refractivity contribution in [2.45, 2.75) is 32.7 Å². The van der Waals surface area contributed by atoms with Crippen molar-refractivity contribution in [3.8, 4) is 17.1 Å². The van der Waals surface area contributed by atoms with Crippen LogP contribution in [-0.2, 0) is 0 Å². The lowest BCUT2D eigenvalue weighted by molar-refractivity contribution is 0.362. The lowest BCUT2D eigenvalue weighted by Gasteiger charge is -2.18. The van der Waals surface area contributed by atoms with Crippen LogP contribution in [0.2, 0.25) is 5.02 Å². The molecule has 0 saturated heterocycles. The molecule has 6 heteroatoms. The van der Waals surface area contributed by atoms with E-state index in [1.807, 2.05) is 0 Å². The third-order valence-electron chi connectivity index (χ3n) is 4.09. The molecule has 1 N–H and O–H groups in total. The van der Waals surface area contributed by atoms with Crippen LogP contribution in [0.5, 0.6) is 6.01 Å². The van der Waals surface area contributed by atoms with Gasteiger partial charge in [-0.15, -0.1) is 0 Å². The van der Waals surface area contributed by atoms with E-state index >= 15 is 0 Å². The van der Waals surface area contributed by atoms with Gasteiger partial charge >= 0.3 is 0 Å². The van der Waals surface area contributed by atoms with E-state index in [2.05, 4.69) is 23.8 Å². The Kier molecular flexibility index (Phi) is 4.22. The molecular weight excluding hydrogens is 317 g/mol. The molecule has 0 fully saturated rings. The number of imidazole rings is 1. The van der Waals surface area contributed by atoms with Crippen LogP contribution in [0.3, 0.4) is 0 Å². The fraction of sp³-hybridized carbons (Fsp3) is 0.294. The number of hydrogen-bond donors (Lipinski definition) is 1. The van der Waals surface area contributed by atoms with Crippen molar-refractivity contribution in [2.75, 3.05) is 0 Å². The number of aromatic nitrogens is 3. The maximum absolute atomic E-state index is 13.2. The molecule has 1 aromatic carbocycles. The maximum atomic E-state index is 13.2. The molecule has 0 aliphatic heterocycles. The average Bonchev–Trinajstić information content (AvgIpc) is 2.87. The molecule has 0 saturated carbocycles. The minimum atomic E-state index is -0.313. The van der Waals surface area contributed by atoms with Crippen molar-refractivity contribution in [2.24, 2.45) is 0 Å². The normalized spacial score (nSPS) is 11.5. The summed E-state index contributed by atoms with van der Waals surface area (Å²) in [6.07, 6.45) is 3.18. The minimum absolute atomic E-state index is 0.0770. The van der Waals surface area contributed by atoms with E-state index in [0.29, 0.717) is 21.7 Å². The van der Waals surface area contributed by atoms with E-state index in [9.17, 15) is 9.50 Å². The summed E-state index contributed by atoms with van der Waals surface area (Å²) in [5.74, 6) is -0.313. The third kappa shape index (κ3) is 2.65. The molecule has 3 aromatic rings. The summed E-state index contributed by atoms with van der Waals surface area (Å²) in [6.45, 7) is 4.10. The van der Waals surface area contributed by atoms with Crippen molar-refractivity contribution in [3.05, 3.63) is 41.3 Å². The highest BCUT2D eigenvalue weighted by molar-refractivity contribution is 6.34. The van der Waals surface area contributed by atoms with E-state index in [0.717, 1.165) is 18.4 Å². The first-order chi connectivity index (χ1) is 11.1. The SMILES string of the molecule is CCC(CC)n1c(O)nc2ncc(Cl)c(-c3ccc(F)cc3)c21. The molecule has 120 valence electrons. The molecule has 2 heterocycles. The van der Waals surface area contributed by atoms with Crippen LogP contribution in [0, 0.1) is 5.82 Å². The standard InChI is InChI=1S/C17H17ClFN3O/c1-3-12(4-2)22-15-14(10-5-7-11(19)8-6-10)13(18)9-20-16(15)21-17(22)23/h5-9,12H,3-4H2,1-2H3,(H,20,21,23). The van der Waals surface area contributed by atoms with Crippen molar-refractivity contribution in [1.29, 1.82) is 0 Å². The zero-order valence-corrected chi connectivity index (χ0v) is 13.7. The van der Waals surface area contributed by atoms with Gasteiger partial charge in [0.1, 0.15) is 11.3 Å². The number of aromatic hydroxyl groups is 1. The molecule has 0 aliphatic rings. The highest BCUT2D eigenvalue weighted by Gasteiger charge is 2.22. The third-order valence-corrected chi connectivity index (χ3v) is 4.38. The van der Waals surface area contributed by atoms with E-state index in [1.165, 1.54) is 18.3 Å². The molecule has 0 radical (unpaired) electrons. The number of hydrogen-bond acceptors (Lipinski definition) is 3. The first-order valence-electron chi connectivity index (χ1n) is 7.58. The summed E-state index contributed by atoms with van der Waals surface area (Å²) in [6, 6.07) is 6.10. The Morgan fingerprint density at radius 2 is 1.87 bits per heavy atom. The molecule has 23 heavy (non-hydrogen) atoms. The Labute approximate surface area is 138 Å². The molecule has 0 bridgehead atoms. The quantitative estimate of drug-likeness (QED) is 0.734. The van der Waals surface area contributed by atoms with Gasteiger partial charge in [-0.3, -0.25) is 4.57 Å². The summed E-state index contributed by atoms with van der Waals surface area (Å²) in [5.41, 5.74) is 2.57. The van der Waals surface area contributed by atoms with Crippen LogP contribution in [0.4, 0.5) is 4.39 Å². The monoisotopic (exact) mass is 333 g/mol. The van der Waals surface area contributed by atoms with Crippen LogP contribution in [0.15, 0.2) is 30.5 Å². The summed E-state index contributed by atoms with van der Waals surface area (Å²) < 4.78 is 15.0. The molecule has 0 amide bonds. The molecule has 0 spiro atoms. The molecule has 0 aliphatic carbocycles. The van der Waals surface area contributed by atoms with Crippen LogP contribution in [0.25, 0.3) is 22.3 Å². The van der Waals surface area contributed by atoms with E-state index < -0.39 is 0 Å². The van der Waals surface area contributed by atoms with Gasteiger partial charge in [0, 0.05) is 17.8 Å². The Balaban J connectivity index is 2.36. The Morgan fingerprint density at radius 1 is 1.22 bits per heavy atom. The summed E-state index contributed by atoms with van der Waals surface area (Å²) in [7, 11) is 0. The minimum Gasteiger partial charge on any atom is -0.480 e. The fourth-order valence-electron chi connectivity index (χ4n) is 2.92. The largest absolute Gasteiger partial charge is 0.480 e. The summed E-state index contributed by atoms with van der Waals surface area (Å²) in [5, 5.41) is 10.7. The van der Waals surface area contributed by atoms with Gasteiger partial charge in [0.15, 0.2) is 5.65 Å². The Hall–Kier alpha value is -2.14. The van der Waals surface area contributed by atoms with Gasteiger partial charge < -0.3 is 5.11 Å². The van der Waals surface area contributed by atoms with Gasteiger partial charge in [0.25, 0.3) is 6.01 Å². The Morgan fingerprint density at radius 3 is 2.48 bits per heavy atom. The second-order valence-electron chi connectivity index (χ2n) is 5.41. The number of rotatable bonds is 4. The number of benzene rings is 1. The number of nitrogens with zero attached hydrogens (tertiary/aromatic N) is 3. The summed E-state index contributed by atoms with van der Waals surface area (Å²) in [4.78, 5) is 8.37. The van der Waals surface area contributed by atoms with Crippen LogP contribution < -0.4 is 0 Å². The van der Waals surface area contributed by atoms with Gasteiger partial charge in [0.2, 0.25) is 0 Å². The molecule has 3 rings (SSSR count). The highest BCUT2D eigenvalue weighted by Crippen LogP contribution is 2.38. The van der Waals surface area contributed by atoms with E-state index in [-0.39, 0.29) is 17.9 Å². The van der Waals surface area contributed by atoms with E-state index in [1.54, 1.807) is 16.7 Å². The van der Waals surface area contributed by atoms with Gasteiger partial charge in [-0.25, -0.2) is 9.37 Å². The molecule has 2 aromatic heterocycles. The number of fused-ring (bicyclic) bond motifs is 1. The smallest absolute Gasteiger partial charge is 0.296 e. The van der Waals surface area contributed by atoms with Crippen LogP contribution in [0.1, 0.15) is 32.7 Å². The zero-order valence-electron chi connectivity index (χ0n) is 12.9. The average molecular weight is 334 g/mol. The van der Waals surface area contributed by atoms with Crippen molar-refractivity contribution < 1.29 is 9.50 Å². The molecule has 0 atom stereocenters. The molecular formula is C17H17ClFN3O. The van der Waals surface area contributed by atoms with Crippen molar-refractivity contribution in [1.82, 2.24) is 14.5 Å². The summed E-state index contributed by atoms with van der Waals surface area (Å²) >= 11 is 6.37. The highest BCUT2D eigenvalue weighted by atomic mass is 35.5.